The minimum atomic E-state index is -4.42. The summed E-state index contributed by atoms with van der Waals surface area (Å²) in [5, 5.41) is 4.31. The molecule has 0 spiro atoms. The number of rotatable bonds is 0. The Bertz CT molecular complexity index is 794. The van der Waals surface area contributed by atoms with Crippen molar-refractivity contribution in [2.24, 2.45) is 0 Å². The molecule has 2 aromatic heterocycles. The van der Waals surface area contributed by atoms with E-state index in [2.05, 4.69) is 15.1 Å². The van der Waals surface area contributed by atoms with E-state index in [0.29, 0.717) is 11.3 Å². The van der Waals surface area contributed by atoms with E-state index in [1.165, 1.54) is 10.6 Å². The second kappa shape index (κ2) is 3.80. The van der Waals surface area contributed by atoms with E-state index >= 15 is 0 Å². The Morgan fingerprint density at radius 2 is 1.95 bits per heavy atom. The van der Waals surface area contributed by atoms with Crippen molar-refractivity contribution in [2.75, 3.05) is 0 Å². The summed E-state index contributed by atoms with van der Waals surface area (Å²) in [7, 11) is 0. The van der Waals surface area contributed by atoms with Gasteiger partial charge in [0.15, 0.2) is 5.65 Å². The average molecular weight is 287 g/mol. The molecule has 0 amide bonds. The molecule has 98 valence electrons. The molecule has 0 unspecified atom stereocenters. The number of halogens is 4. The van der Waals surface area contributed by atoms with E-state index in [1.54, 1.807) is 6.92 Å². The van der Waals surface area contributed by atoms with Crippen LogP contribution >= 0.6 is 11.6 Å². The zero-order valence-electron chi connectivity index (χ0n) is 9.53. The Morgan fingerprint density at radius 1 is 1.21 bits per heavy atom. The number of nitrogens with zero attached hydrogens (tertiary/aromatic N) is 4. The molecule has 0 N–H and O–H groups in total. The highest BCUT2D eigenvalue weighted by Crippen LogP contribution is 2.32. The lowest BCUT2D eigenvalue weighted by Crippen LogP contribution is -2.05. The average Bonchev–Trinajstić information content (AvgIpc) is 2.70. The van der Waals surface area contributed by atoms with Crippen LogP contribution in [0.2, 0.25) is 5.28 Å². The zero-order valence-corrected chi connectivity index (χ0v) is 10.3. The third-order valence-electron chi connectivity index (χ3n) is 2.67. The monoisotopic (exact) mass is 286 g/mol. The highest BCUT2D eigenvalue weighted by atomic mass is 35.5. The standard InChI is InChI=1S/C11H6ClF3N4/c1-5-16-9-7-4-6(11(13,14)15)2-3-8(7)17-10(12)19(9)18-5/h2-4H,1H3. The molecule has 0 aliphatic rings. The van der Waals surface area contributed by atoms with Crippen LogP contribution in [-0.4, -0.2) is 19.6 Å². The Morgan fingerprint density at radius 3 is 2.63 bits per heavy atom. The molecule has 0 saturated carbocycles. The first-order valence-corrected chi connectivity index (χ1v) is 5.64. The smallest absolute Gasteiger partial charge is 0.218 e. The van der Waals surface area contributed by atoms with Crippen molar-refractivity contribution in [3.05, 3.63) is 34.9 Å². The predicted molar refractivity (Wildman–Crippen MR) is 63.0 cm³/mol. The summed E-state index contributed by atoms with van der Waals surface area (Å²) in [6, 6.07) is 3.24. The summed E-state index contributed by atoms with van der Waals surface area (Å²) >= 11 is 5.91. The van der Waals surface area contributed by atoms with E-state index in [4.69, 9.17) is 11.6 Å². The van der Waals surface area contributed by atoms with Crippen LogP contribution < -0.4 is 0 Å². The molecule has 3 aromatic rings. The number of fused-ring (bicyclic) bond motifs is 3. The van der Waals surface area contributed by atoms with Crippen molar-refractivity contribution >= 4 is 28.2 Å². The Balaban J connectivity index is 2.44. The molecule has 0 aliphatic carbocycles. The van der Waals surface area contributed by atoms with Crippen LogP contribution in [0.1, 0.15) is 11.4 Å². The molecule has 0 aliphatic heterocycles. The van der Waals surface area contributed by atoms with Gasteiger partial charge in [0.2, 0.25) is 5.28 Å². The maximum atomic E-state index is 12.7. The largest absolute Gasteiger partial charge is 0.416 e. The maximum absolute atomic E-state index is 12.7. The van der Waals surface area contributed by atoms with Gasteiger partial charge in [0.1, 0.15) is 5.82 Å². The van der Waals surface area contributed by atoms with Gasteiger partial charge >= 0.3 is 6.18 Å². The molecule has 3 rings (SSSR count). The van der Waals surface area contributed by atoms with Crippen molar-refractivity contribution in [1.82, 2.24) is 19.6 Å². The molecule has 8 heteroatoms. The van der Waals surface area contributed by atoms with Gasteiger partial charge < -0.3 is 0 Å². The van der Waals surface area contributed by atoms with Crippen LogP contribution in [0, 0.1) is 6.92 Å². The van der Waals surface area contributed by atoms with Crippen molar-refractivity contribution in [3.8, 4) is 0 Å². The molecule has 0 radical (unpaired) electrons. The molecule has 0 bridgehead atoms. The van der Waals surface area contributed by atoms with Gasteiger partial charge in [-0.15, -0.1) is 5.10 Å². The topological polar surface area (TPSA) is 43.1 Å². The lowest BCUT2D eigenvalue weighted by molar-refractivity contribution is -0.137. The molecule has 0 fully saturated rings. The van der Waals surface area contributed by atoms with Crippen molar-refractivity contribution in [1.29, 1.82) is 0 Å². The molecular weight excluding hydrogens is 281 g/mol. The minimum Gasteiger partial charge on any atom is -0.218 e. The van der Waals surface area contributed by atoms with E-state index in [0.717, 1.165) is 12.1 Å². The van der Waals surface area contributed by atoms with Crippen LogP contribution in [0.5, 0.6) is 0 Å². The highest BCUT2D eigenvalue weighted by Gasteiger charge is 2.31. The fourth-order valence-corrected chi connectivity index (χ4v) is 2.06. The van der Waals surface area contributed by atoms with Gasteiger partial charge in [0.25, 0.3) is 0 Å². The van der Waals surface area contributed by atoms with E-state index in [-0.39, 0.29) is 16.3 Å². The second-order valence-corrected chi connectivity index (χ2v) is 4.34. The quantitative estimate of drug-likeness (QED) is 0.596. The van der Waals surface area contributed by atoms with Crippen LogP contribution in [0.25, 0.3) is 16.6 Å². The lowest BCUT2D eigenvalue weighted by atomic mass is 10.1. The van der Waals surface area contributed by atoms with Crippen molar-refractivity contribution in [3.63, 3.8) is 0 Å². The van der Waals surface area contributed by atoms with E-state index in [9.17, 15) is 13.2 Å². The molecule has 4 nitrogen and oxygen atoms in total. The molecule has 0 saturated heterocycles. The van der Waals surface area contributed by atoms with Gasteiger partial charge in [-0.1, -0.05) is 0 Å². The Kier molecular flexibility index (Phi) is 2.43. The molecule has 0 atom stereocenters. The van der Waals surface area contributed by atoms with Gasteiger partial charge in [0.05, 0.1) is 11.1 Å². The number of benzene rings is 1. The number of aryl methyl sites for hydroxylation is 1. The summed E-state index contributed by atoms with van der Waals surface area (Å²) in [5.41, 5.74) is -0.150. The van der Waals surface area contributed by atoms with Gasteiger partial charge in [-0.2, -0.15) is 17.7 Å². The predicted octanol–water partition coefficient (Wildman–Crippen LogP) is 3.26. The number of hydrogen-bond acceptors (Lipinski definition) is 3. The Hall–Kier alpha value is -1.89. The SMILES string of the molecule is Cc1nc2c3cc(C(F)(F)F)ccc3nc(Cl)n2n1. The lowest BCUT2D eigenvalue weighted by Gasteiger charge is -2.08. The van der Waals surface area contributed by atoms with Crippen molar-refractivity contribution in [2.45, 2.75) is 13.1 Å². The molecule has 1 aromatic carbocycles. The molecular formula is C11H6ClF3N4. The fraction of sp³-hybridized carbons (Fsp3) is 0.182. The highest BCUT2D eigenvalue weighted by molar-refractivity contribution is 6.29. The third kappa shape index (κ3) is 1.90. The van der Waals surface area contributed by atoms with Crippen LogP contribution in [-0.2, 0) is 6.18 Å². The van der Waals surface area contributed by atoms with Crippen molar-refractivity contribution < 1.29 is 13.2 Å². The van der Waals surface area contributed by atoms with Crippen LogP contribution in [0.4, 0.5) is 13.2 Å². The van der Waals surface area contributed by atoms with Gasteiger partial charge in [0, 0.05) is 5.39 Å². The first kappa shape index (κ1) is 12.2. The fourth-order valence-electron chi connectivity index (χ4n) is 1.85. The van der Waals surface area contributed by atoms with Crippen LogP contribution in [0.3, 0.4) is 0 Å². The molecule has 2 heterocycles. The second-order valence-electron chi connectivity index (χ2n) is 4.00. The number of aromatic nitrogens is 4. The summed E-state index contributed by atoms with van der Waals surface area (Å²) in [5.74, 6) is 0.411. The number of alkyl halides is 3. The van der Waals surface area contributed by atoms with E-state index in [1.807, 2.05) is 0 Å². The number of hydrogen-bond donors (Lipinski definition) is 0. The van der Waals surface area contributed by atoms with Gasteiger partial charge in [-0.3, -0.25) is 0 Å². The minimum absolute atomic E-state index is 0.0582. The zero-order chi connectivity index (χ0) is 13.8. The van der Waals surface area contributed by atoms with Gasteiger partial charge in [-0.25, -0.2) is 9.97 Å². The van der Waals surface area contributed by atoms with Crippen LogP contribution in [0.15, 0.2) is 18.2 Å². The summed E-state index contributed by atoms with van der Waals surface area (Å²) < 4.78 is 39.4. The third-order valence-corrected chi connectivity index (χ3v) is 2.91. The normalized spacial score (nSPS) is 12.5. The first-order chi connectivity index (χ1) is 8.86. The van der Waals surface area contributed by atoms with E-state index < -0.39 is 11.7 Å². The summed E-state index contributed by atoms with van der Waals surface area (Å²) in [6.07, 6.45) is -4.42. The summed E-state index contributed by atoms with van der Waals surface area (Å²) in [4.78, 5) is 8.08. The Labute approximate surface area is 109 Å². The first-order valence-electron chi connectivity index (χ1n) is 5.26. The van der Waals surface area contributed by atoms with Gasteiger partial charge in [-0.05, 0) is 36.7 Å². The maximum Gasteiger partial charge on any atom is 0.416 e. The summed E-state index contributed by atoms with van der Waals surface area (Å²) in [6.45, 7) is 1.63. The molecule has 19 heavy (non-hydrogen) atoms.